The van der Waals surface area contributed by atoms with Crippen LogP contribution in [-0.4, -0.2) is 70.6 Å². The van der Waals surface area contributed by atoms with Gasteiger partial charge in [-0.05, 0) is 16.6 Å². The summed E-state index contributed by atoms with van der Waals surface area (Å²) in [4.78, 5) is 35.1. The summed E-state index contributed by atoms with van der Waals surface area (Å²) in [7, 11) is -2.24. The Labute approximate surface area is 218 Å². The second-order valence-corrected chi connectivity index (χ2v) is 16.3. The number of imidazole rings is 1. The number of aromatic nitrogens is 4. The number of nitrogens with two attached hydrogens (primary N) is 1. The molecule has 12 nitrogen and oxygen atoms in total. The number of carbonyl (C=O) groups excluding carboxylic acids is 1. The Hall–Kier alpha value is -2.32. The first-order valence-corrected chi connectivity index (χ1v) is 14.9. The Morgan fingerprint density at radius 1 is 1.19 bits per heavy atom. The van der Waals surface area contributed by atoms with Crippen LogP contribution in [-0.2, 0) is 23.4 Å². The average Bonchev–Trinajstić information content (AvgIpc) is 3.35. The summed E-state index contributed by atoms with van der Waals surface area (Å²) in [6.45, 7) is 16.3. The van der Waals surface area contributed by atoms with Gasteiger partial charge in [-0.2, -0.15) is 4.98 Å². The van der Waals surface area contributed by atoms with Gasteiger partial charge in [0.1, 0.15) is 31.7 Å². The van der Waals surface area contributed by atoms with E-state index in [-0.39, 0.29) is 36.4 Å². The standard InChI is InChI=1S/C24H41N5O7Si/c1-12(2)23(32)33-9-16-18(30)19(34-11-35-37(13(3)4,14(5)6)15(7)8)22(36-16)29-10-26-17-20(29)27-24(25)28-21(17)31/h10,12-16,18-19,22,30H,9,11H2,1-8H3,(H3,25,27,28,31)/t16-,18-,19-,22-/m1/s1. The quantitative estimate of drug-likeness (QED) is 0.220. The molecule has 0 bridgehead atoms. The minimum atomic E-state index is -2.24. The molecule has 0 radical (unpaired) electrons. The highest BCUT2D eigenvalue weighted by molar-refractivity contribution is 6.77. The smallest absolute Gasteiger partial charge is 0.308 e. The Bertz CT molecular complexity index is 1110. The zero-order valence-corrected chi connectivity index (χ0v) is 23.9. The van der Waals surface area contributed by atoms with Gasteiger partial charge in [-0.3, -0.25) is 19.1 Å². The van der Waals surface area contributed by atoms with Crippen LogP contribution in [0.15, 0.2) is 11.1 Å². The van der Waals surface area contributed by atoms with Crippen LogP contribution < -0.4 is 11.3 Å². The van der Waals surface area contributed by atoms with Gasteiger partial charge in [-0.1, -0.05) is 55.4 Å². The number of aromatic amines is 1. The fraction of sp³-hybridized carbons (Fsp3) is 0.750. The zero-order valence-electron chi connectivity index (χ0n) is 22.9. The van der Waals surface area contributed by atoms with E-state index in [4.69, 9.17) is 24.4 Å². The van der Waals surface area contributed by atoms with E-state index < -0.39 is 44.4 Å². The molecule has 37 heavy (non-hydrogen) atoms. The van der Waals surface area contributed by atoms with Crippen LogP contribution in [0.2, 0.25) is 16.6 Å². The number of H-pyrrole nitrogens is 1. The molecule has 1 saturated heterocycles. The summed E-state index contributed by atoms with van der Waals surface area (Å²) in [6.07, 6.45) is -2.48. The molecule has 0 aromatic carbocycles. The minimum absolute atomic E-state index is 0.0520. The third-order valence-corrected chi connectivity index (χ3v) is 13.2. The molecule has 0 unspecified atom stereocenters. The van der Waals surface area contributed by atoms with Gasteiger partial charge in [-0.15, -0.1) is 0 Å². The van der Waals surface area contributed by atoms with E-state index in [0.29, 0.717) is 16.6 Å². The number of anilines is 1. The molecule has 4 N–H and O–H groups in total. The maximum absolute atomic E-state index is 12.3. The topological polar surface area (TPSA) is 164 Å². The Kier molecular flexibility index (Phi) is 9.17. The monoisotopic (exact) mass is 539 g/mol. The molecule has 3 heterocycles. The first kappa shape index (κ1) is 29.2. The van der Waals surface area contributed by atoms with Crippen molar-refractivity contribution in [2.45, 2.75) is 96.6 Å². The SMILES string of the molecule is CC(C)C(=O)OC[C@H]1O[C@@H](n2cnc3c(=O)[nH]c(N)nc32)[C@H](OCO[Si](C(C)C)(C(C)C)C(C)C)[C@@H]1O. The number of nitrogens with one attached hydrogen (secondary N) is 1. The van der Waals surface area contributed by atoms with Crippen molar-refractivity contribution < 1.29 is 28.5 Å². The summed E-state index contributed by atoms with van der Waals surface area (Å²) < 4.78 is 25.6. The summed E-state index contributed by atoms with van der Waals surface area (Å²) in [5, 5.41) is 11.2. The van der Waals surface area contributed by atoms with E-state index >= 15 is 0 Å². The minimum Gasteiger partial charge on any atom is -0.463 e. The molecule has 0 saturated carbocycles. The molecule has 2 aromatic heterocycles. The highest BCUT2D eigenvalue weighted by Crippen LogP contribution is 2.42. The van der Waals surface area contributed by atoms with Crippen molar-refractivity contribution in [2.24, 2.45) is 5.92 Å². The van der Waals surface area contributed by atoms with Gasteiger partial charge in [0, 0.05) is 0 Å². The highest BCUT2D eigenvalue weighted by Gasteiger charge is 2.49. The van der Waals surface area contributed by atoms with Crippen LogP contribution in [0.5, 0.6) is 0 Å². The molecule has 3 rings (SSSR count). The number of ether oxygens (including phenoxy) is 3. The van der Waals surface area contributed by atoms with E-state index in [1.807, 2.05) is 0 Å². The number of hydrogen-bond donors (Lipinski definition) is 3. The molecule has 4 atom stereocenters. The summed E-state index contributed by atoms with van der Waals surface area (Å²) in [5.41, 5.74) is 6.55. The second-order valence-electron chi connectivity index (χ2n) is 10.8. The number of carbonyl (C=O) groups is 1. The van der Waals surface area contributed by atoms with Crippen molar-refractivity contribution in [1.29, 1.82) is 0 Å². The fourth-order valence-electron chi connectivity index (χ4n) is 5.43. The van der Waals surface area contributed by atoms with Crippen LogP contribution in [0.1, 0.15) is 61.6 Å². The van der Waals surface area contributed by atoms with Crippen molar-refractivity contribution in [3.05, 3.63) is 16.7 Å². The van der Waals surface area contributed by atoms with Crippen LogP contribution in [0.4, 0.5) is 5.95 Å². The number of rotatable bonds is 11. The van der Waals surface area contributed by atoms with Gasteiger partial charge in [-0.25, -0.2) is 4.98 Å². The third kappa shape index (κ3) is 5.75. The number of aliphatic hydroxyl groups excluding tert-OH is 1. The van der Waals surface area contributed by atoms with Crippen LogP contribution in [0, 0.1) is 5.92 Å². The van der Waals surface area contributed by atoms with Gasteiger partial charge >= 0.3 is 5.97 Å². The molecule has 1 fully saturated rings. The zero-order chi connectivity index (χ0) is 27.7. The van der Waals surface area contributed by atoms with E-state index in [0.717, 1.165) is 0 Å². The predicted molar refractivity (Wildman–Crippen MR) is 140 cm³/mol. The Morgan fingerprint density at radius 3 is 2.38 bits per heavy atom. The van der Waals surface area contributed by atoms with Crippen molar-refractivity contribution in [3.8, 4) is 0 Å². The van der Waals surface area contributed by atoms with E-state index in [9.17, 15) is 14.7 Å². The van der Waals surface area contributed by atoms with Crippen LogP contribution in [0.25, 0.3) is 11.2 Å². The number of aliphatic hydroxyl groups is 1. The first-order valence-electron chi connectivity index (χ1n) is 12.8. The summed E-state index contributed by atoms with van der Waals surface area (Å²) in [6, 6.07) is 0. The summed E-state index contributed by atoms with van der Waals surface area (Å²) >= 11 is 0. The maximum atomic E-state index is 12.3. The first-order chi connectivity index (χ1) is 17.3. The number of nitrogens with zero attached hydrogens (tertiary/aromatic N) is 3. The predicted octanol–water partition coefficient (Wildman–Crippen LogP) is 2.69. The Balaban J connectivity index is 1.90. The molecular weight excluding hydrogens is 498 g/mol. The van der Waals surface area contributed by atoms with Gasteiger partial charge in [0.05, 0.1) is 12.2 Å². The maximum Gasteiger partial charge on any atom is 0.308 e. The third-order valence-electron chi connectivity index (χ3n) is 7.18. The Morgan fingerprint density at radius 2 is 1.81 bits per heavy atom. The summed E-state index contributed by atoms with van der Waals surface area (Å²) in [5.74, 6) is -0.814. The molecule has 0 aliphatic carbocycles. The molecule has 1 aliphatic heterocycles. The fourth-order valence-corrected chi connectivity index (χ4v) is 10.7. The molecule has 0 spiro atoms. The number of nitrogen functional groups attached to an aromatic ring is 1. The van der Waals surface area contributed by atoms with Gasteiger partial charge in [0.2, 0.25) is 14.3 Å². The molecule has 1 aliphatic rings. The normalized spacial score (nSPS) is 22.7. The molecular formula is C24H41N5O7Si. The van der Waals surface area contributed by atoms with E-state index in [1.165, 1.54) is 10.9 Å². The lowest BCUT2D eigenvalue weighted by Gasteiger charge is -2.42. The van der Waals surface area contributed by atoms with Gasteiger partial charge < -0.3 is 29.5 Å². The van der Waals surface area contributed by atoms with E-state index in [2.05, 4.69) is 56.5 Å². The molecule has 208 valence electrons. The van der Waals surface area contributed by atoms with Gasteiger partial charge in [0.15, 0.2) is 17.4 Å². The van der Waals surface area contributed by atoms with E-state index in [1.54, 1.807) is 13.8 Å². The van der Waals surface area contributed by atoms with Crippen LogP contribution in [0.3, 0.4) is 0 Å². The number of hydrogen-bond acceptors (Lipinski definition) is 10. The molecule has 0 amide bonds. The number of fused-ring (bicyclic) bond motifs is 1. The van der Waals surface area contributed by atoms with Crippen molar-refractivity contribution >= 4 is 31.4 Å². The van der Waals surface area contributed by atoms with Gasteiger partial charge in [0.25, 0.3) is 5.56 Å². The lowest BCUT2D eigenvalue weighted by molar-refractivity contribution is -0.153. The van der Waals surface area contributed by atoms with Crippen LogP contribution >= 0.6 is 0 Å². The molecule has 13 heteroatoms. The highest BCUT2D eigenvalue weighted by atomic mass is 28.4. The second kappa shape index (κ2) is 11.6. The lowest BCUT2D eigenvalue weighted by Crippen LogP contribution is -2.49. The van der Waals surface area contributed by atoms with Crippen molar-refractivity contribution in [1.82, 2.24) is 19.5 Å². The van der Waals surface area contributed by atoms with Crippen molar-refractivity contribution in [3.63, 3.8) is 0 Å². The number of esters is 1. The average molecular weight is 540 g/mol. The lowest BCUT2D eigenvalue weighted by atomic mass is 10.1. The largest absolute Gasteiger partial charge is 0.463 e. The van der Waals surface area contributed by atoms with Crippen molar-refractivity contribution in [2.75, 3.05) is 19.1 Å². The molecule has 2 aromatic rings.